The number of piperidine rings is 1. The van der Waals surface area contributed by atoms with Gasteiger partial charge in [-0.25, -0.2) is 8.78 Å². The van der Waals surface area contributed by atoms with Crippen molar-refractivity contribution in [2.45, 2.75) is 58.5 Å². The third-order valence-corrected chi connectivity index (χ3v) is 6.55. The van der Waals surface area contributed by atoms with E-state index in [0.717, 1.165) is 57.9 Å². The molecule has 0 spiro atoms. The van der Waals surface area contributed by atoms with Gasteiger partial charge in [-0.05, 0) is 52.1 Å². The van der Waals surface area contributed by atoms with E-state index in [2.05, 4.69) is 4.90 Å². The van der Waals surface area contributed by atoms with Gasteiger partial charge < -0.3 is 9.80 Å². The van der Waals surface area contributed by atoms with Gasteiger partial charge >= 0.3 is 0 Å². The van der Waals surface area contributed by atoms with Gasteiger partial charge in [-0.2, -0.15) is 0 Å². The Labute approximate surface area is 178 Å². The van der Waals surface area contributed by atoms with E-state index >= 15 is 0 Å². The summed E-state index contributed by atoms with van der Waals surface area (Å²) in [6.07, 6.45) is 3.90. The van der Waals surface area contributed by atoms with E-state index < -0.39 is 11.6 Å². The summed E-state index contributed by atoms with van der Waals surface area (Å²) >= 11 is 0. The first kappa shape index (κ1) is 22.7. The van der Waals surface area contributed by atoms with Gasteiger partial charge in [-0.1, -0.05) is 6.07 Å². The van der Waals surface area contributed by atoms with Crippen LogP contribution in [0.25, 0.3) is 0 Å². The fraction of sp³-hybridized carbons (Fsp3) is 0.652. The highest BCUT2D eigenvalue weighted by molar-refractivity contribution is 5.79. The number of amides is 2. The molecule has 166 valence electrons. The number of benzene rings is 1. The number of hydrogen-bond donors (Lipinski definition) is 0. The topological polar surface area (TPSA) is 43.9 Å². The quantitative estimate of drug-likeness (QED) is 0.707. The minimum atomic E-state index is -0.614. The highest BCUT2D eigenvalue weighted by Crippen LogP contribution is 2.26. The maximum atomic E-state index is 14.0. The second-order valence-electron chi connectivity index (χ2n) is 8.38. The highest BCUT2D eigenvalue weighted by Gasteiger charge is 2.33. The van der Waals surface area contributed by atoms with Crippen molar-refractivity contribution < 1.29 is 18.4 Å². The van der Waals surface area contributed by atoms with Crippen LogP contribution in [0.15, 0.2) is 18.2 Å². The predicted octanol–water partition coefficient (Wildman–Crippen LogP) is 3.43. The summed E-state index contributed by atoms with van der Waals surface area (Å²) in [4.78, 5) is 31.4. The van der Waals surface area contributed by atoms with E-state index in [1.807, 2.05) is 18.7 Å². The fourth-order valence-corrected chi connectivity index (χ4v) is 4.74. The molecule has 0 saturated carbocycles. The number of likely N-dealkylation sites (tertiary alicyclic amines) is 2. The van der Waals surface area contributed by atoms with Crippen molar-refractivity contribution in [2.75, 3.05) is 32.7 Å². The first-order chi connectivity index (χ1) is 14.4. The molecule has 0 aromatic heterocycles. The van der Waals surface area contributed by atoms with Crippen molar-refractivity contribution in [3.63, 3.8) is 0 Å². The number of rotatable bonds is 6. The van der Waals surface area contributed by atoms with E-state index in [1.165, 1.54) is 12.1 Å². The zero-order chi connectivity index (χ0) is 21.7. The Balaban J connectivity index is 1.61. The smallest absolute Gasteiger partial charge is 0.226 e. The second kappa shape index (κ2) is 10.3. The van der Waals surface area contributed by atoms with Gasteiger partial charge in [0.05, 0.1) is 5.92 Å². The van der Waals surface area contributed by atoms with Crippen LogP contribution in [0.2, 0.25) is 0 Å². The van der Waals surface area contributed by atoms with E-state index in [9.17, 15) is 18.4 Å². The van der Waals surface area contributed by atoms with Gasteiger partial charge in [0.15, 0.2) is 0 Å². The summed E-state index contributed by atoms with van der Waals surface area (Å²) in [7, 11) is 0. The molecule has 1 aromatic rings. The molecule has 0 bridgehead atoms. The van der Waals surface area contributed by atoms with Gasteiger partial charge in [0.25, 0.3) is 0 Å². The van der Waals surface area contributed by atoms with E-state index in [-0.39, 0.29) is 30.3 Å². The summed E-state index contributed by atoms with van der Waals surface area (Å²) in [5.41, 5.74) is 0.339. The largest absolute Gasteiger partial charge is 0.343 e. The Morgan fingerprint density at radius 2 is 1.90 bits per heavy atom. The van der Waals surface area contributed by atoms with Crippen molar-refractivity contribution in [1.82, 2.24) is 14.7 Å². The van der Waals surface area contributed by atoms with E-state index in [1.54, 1.807) is 4.90 Å². The summed E-state index contributed by atoms with van der Waals surface area (Å²) in [6, 6.07) is 3.75. The molecule has 0 N–H and O–H groups in total. The summed E-state index contributed by atoms with van der Waals surface area (Å²) in [5.74, 6) is -0.950. The van der Waals surface area contributed by atoms with Gasteiger partial charge in [0, 0.05) is 56.8 Å². The van der Waals surface area contributed by atoms with Gasteiger partial charge in [-0.15, -0.1) is 0 Å². The number of nitrogens with zero attached hydrogens (tertiary/aromatic N) is 3. The molecule has 0 radical (unpaired) electrons. The van der Waals surface area contributed by atoms with Crippen molar-refractivity contribution in [3.05, 3.63) is 35.4 Å². The highest BCUT2D eigenvalue weighted by atomic mass is 19.1. The average Bonchev–Trinajstić information content (AvgIpc) is 2.92. The molecule has 2 fully saturated rings. The van der Waals surface area contributed by atoms with Crippen LogP contribution in [-0.2, 0) is 16.1 Å². The molecule has 1 aromatic carbocycles. The summed E-state index contributed by atoms with van der Waals surface area (Å²) in [5, 5.41) is 0. The number of hydrogen-bond acceptors (Lipinski definition) is 3. The van der Waals surface area contributed by atoms with E-state index in [0.29, 0.717) is 18.5 Å². The van der Waals surface area contributed by atoms with Crippen LogP contribution in [0.1, 0.15) is 51.5 Å². The van der Waals surface area contributed by atoms with Gasteiger partial charge in [0.1, 0.15) is 11.6 Å². The van der Waals surface area contributed by atoms with Gasteiger partial charge in [-0.3, -0.25) is 14.5 Å². The lowest BCUT2D eigenvalue weighted by molar-refractivity contribution is -0.137. The Bertz CT molecular complexity index is 754. The first-order valence-electron chi connectivity index (χ1n) is 11.2. The normalized spacial score (nSPS) is 23.3. The van der Waals surface area contributed by atoms with Crippen LogP contribution in [0, 0.1) is 17.6 Å². The SMILES string of the molecule is CCN(CC)C(=O)C1CCCN(C2CCC(=O)N(Cc3ccc(F)cc3F)CC2)C1. The Hall–Kier alpha value is -2.02. The van der Waals surface area contributed by atoms with Crippen LogP contribution in [-0.4, -0.2) is 65.3 Å². The molecule has 2 saturated heterocycles. The lowest BCUT2D eigenvalue weighted by Gasteiger charge is -2.38. The van der Waals surface area contributed by atoms with Crippen molar-refractivity contribution in [2.24, 2.45) is 5.92 Å². The van der Waals surface area contributed by atoms with Crippen LogP contribution < -0.4 is 0 Å². The van der Waals surface area contributed by atoms with Crippen LogP contribution in [0.3, 0.4) is 0 Å². The molecule has 0 aliphatic carbocycles. The minimum absolute atomic E-state index is 0.00834. The monoisotopic (exact) mass is 421 g/mol. The molecular formula is C23H33F2N3O2. The third kappa shape index (κ3) is 5.36. The van der Waals surface area contributed by atoms with Gasteiger partial charge in [0.2, 0.25) is 11.8 Å². The molecule has 7 heteroatoms. The summed E-state index contributed by atoms with van der Waals surface area (Å²) in [6.45, 7) is 7.91. The standard InChI is InChI=1S/C23H33F2N3O2/c1-3-26(4-2)23(30)18-6-5-12-27(16-18)20-9-10-22(29)28(13-11-20)15-17-7-8-19(24)14-21(17)25/h7-8,14,18,20H,3-6,9-13,15-16H2,1-2H3. The molecule has 2 aliphatic rings. The molecule has 3 rings (SSSR count). The first-order valence-corrected chi connectivity index (χ1v) is 11.2. The zero-order valence-electron chi connectivity index (χ0n) is 18.1. The molecule has 5 nitrogen and oxygen atoms in total. The molecule has 30 heavy (non-hydrogen) atoms. The van der Waals surface area contributed by atoms with Crippen molar-refractivity contribution >= 4 is 11.8 Å². The van der Waals surface area contributed by atoms with Crippen molar-refractivity contribution in [1.29, 1.82) is 0 Å². The minimum Gasteiger partial charge on any atom is -0.343 e. The Kier molecular flexibility index (Phi) is 7.81. The number of carbonyl (C=O) groups excluding carboxylic acids is 2. The van der Waals surface area contributed by atoms with Crippen LogP contribution >= 0.6 is 0 Å². The lowest BCUT2D eigenvalue weighted by atomic mass is 9.93. The van der Waals surface area contributed by atoms with Crippen LogP contribution in [0.5, 0.6) is 0 Å². The maximum Gasteiger partial charge on any atom is 0.226 e. The predicted molar refractivity (Wildman–Crippen MR) is 112 cm³/mol. The molecule has 2 unspecified atom stereocenters. The third-order valence-electron chi connectivity index (χ3n) is 6.55. The number of carbonyl (C=O) groups is 2. The molecule has 2 amide bonds. The zero-order valence-corrected chi connectivity index (χ0v) is 18.1. The summed E-state index contributed by atoms with van der Waals surface area (Å²) < 4.78 is 27.2. The second-order valence-corrected chi connectivity index (χ2v) is 8.38. The fourth-order valence-electron chi connectivity index (χ4n) is 4.74. The van der Waals surface area contributed by atoms with Crippen LogP contribution in [0.4, 0.5) is 8.78 Å². The molecule has 2 atom stereocenters. The lowest BCUT2D eigenvalue weighted by Crippen LogP contribution is -2.48. The van der Waals surface area contributed by atoms with Crippen molar-refractivity contribution in [3.8, 4) is 0 Å². The molecule has 2 heterocycles. The molecular weight excluding hydrogens is 388 g/mol. The average molecular weight is 422 g/mol. The van der Waals surface area contributed by atoms with E-state index in [4.69, 9.17) is 0 Å². The molecule has 2 aliphatic heterocycles. The number of halogens is 2. The Morgan fingerprint density at radius 3 is 2.60 bits per heavy atom. The maximum absolute atomic E-state index is 14.0. The Morgan fingerprint density at radius 1 is 1.13 bits per heavy atom.